The number of amides is 2. The highest BCUT2D eigenvalue weighted by Gasteiger charge is 2.20. The highest BCUT2D eigenvalue weighted by Crippen LogP contribution is 2.27. The van der Waals surface area contributed by atoms with Crippen LogP contribution in [-0.2, 0) is 11.8 Å². The number of hydrogen-bond donors (Lipinski definition) is 2. The van der Waals surface area contributed by atoms with Crippen molar-refractivity contribution in [3.63, 3.8) is 0 Å². The Kier molecular flexibility index (Phi) is 5.79. The maximum absolute atomic E-state index is 12.5. The van der Waals surface area contributed by atoms with E-state index in [0.29, 0.717) is 16.4 Å². The van der Waals surface area contributed by atoms with Crippen LogP contribution in [0, 0.1) is 6.92 Å². The van der Waals surface area contributed by atoms with Crippen LogP contribution in [0.15, 0.2) is 53.7 Å². The van der Waals surface area contributed by atoms with Crippen LogP contribution in [0.3, 0.4) is 0 Å². The van der Waals surface area contributed by atoms with E-state index in [1.807, 2.05) is 42.8 Å². The Morgan fingerprint density at radius 3 is 2.43 bits per heavy atom. The predicted octanol–water partition coefficient (Wildman–Crippen LogP) is 3.01. The molecule has 3 N–H and O–H groups in total. The first-order valence-electron chi connectivity index (χ1n) is 8.69. The number of nitrogens with one attached hydrogen (secondary N) is 1. The molecular weight excluding hydrogens is 374 g/mol. The summed E-state index contributed by atoms with van der Waals surface area (Å²) in [5.41, 5.74) is 8.33. The molecule has 8 heteroatoms. The quantitative estimate of drug-likeness (QED) is 0.625. The van der Waals surface area contributed by atoms with E-state index >= 15 is 0 Å². The van der Waals surface area contributed by atoms with Crippen molar-refractivity contribution in [2.24, 2.45) is 12.8 Å². The van der Waals surface area contributed by atoms with E-state index in [1.54, 1.807) is 31.2 Å². The lowest BCUT2D eigenvalue weighted by molar-refractivity contribution is -0.115. The van der Waals surface area contributed by atoms with Gasteiger partial charge in [0.25, 0.3) is 0 Å². The summed E-state index contributed by atoms with van der Waals surface area (Å²) in [4.78, 5) is 23.6. The third kappa shape index (κ3) is 4.23. The summed E-state index contributed by atoms with van der Waals surface area (Å²) in [6.07, 6.45) is 0. The SMILES string of the molecule is Cc1ccccc1-c1nnc(SC(C)C(=O)Nc2ccc(C(N)=O)cc2)n1C. The number of rotatable bonds is 6. The molecule has 0 spiro atoms. The molecule has 144 valence electrons. The Morgan fingerprint density at radius 1 is 1.11 bits per heavy atom. The molecule has 0 radical (unpaired) electrons. The minimum absolute atomic E-state index is 0.169. The number of aryl methyl sites for hydroxylation is 1. The Labute approximate surface area is 167 Å². The Hall–Kier alpha value is -3.13. The first-order valence-corrected chi connectivity index (χ1v) is 9.57. The highest BCUT2D eigenvalue weighted by atomic mass is 32.2. The van der Waals surface area contributed by atoms with Gasteiger partial charge < -0.3 is 15.6 Å². The average Bonchev–Trinajstić information content (AvgIpc) is 3.03. The standard InChI is InChI=1S/C20H21N5O2S/c1-12-6-4-5-7-16(12)18-23-24-20(25(18)3)28-13(2)19(27)22-15-10-8-14(9-11-15)17(21)26/h4-11,13H,1-3H3,(H2,21,26)(H,22,27). The van der Waals surface area contributed by atoms with Crippen LogP contribution in [0.4, 0.5) is 5.69 Å². The smallest absolute Gasteiger partial charge is 0.248 e. The third-order valence-corrected chi connectivity index (χ3v) is 5.44. The second kappa shape index (κ2) is 8.26. The van der Waals surface area contributed by atoms with Gasteiger partial charge in [-0.15, -0.1) is 10.2 Å². The van der Waals surface area contributed by atoms with Crippen molar-refractivity contribution in [1.29, 1.82) is 0 Å². The predicted molar refractivity (Wildman–Crippen MR) is 110 cm³/mol. The van der Waals surface area contributed by atoms with Gasteiger partial charge in [0.2, 0.25) is 11.8 Å². The summed E-state index contributed by atoms with van der Waals surface area (Å²) in [5, 5.41) is 11.6. The highest BCUT2D eigenvalue weighted by molar-refractivity contribution is 8.00. The molecule has 1 unspecified atom stereocenters. The minimum Gasteiger partial charge on any atom is -0.366 e. The van der Waals surface area contributed by atoms with Gasteiger partial charge in [-0.3, -0.25) is 9.59 Å². The Bertz CT molecular complexity index is 1010. The average molecular weight is 395 g/mol. The normalized spacial score (nSPS) is 11.8. The number of hydrogen-bond acceptors (Lipinski definition) is 5. The topological polar surface area (TPSA) is 103 Å². The van der Waals surface area contributed by atoms with Gasteiger partial charge in [-0.05, 0) is 43.7 Å². The minimum atomic E-state index is -0.506. The van der Waals surface area contributed by atoms with Gasteiger partial charge in [0.1, 0.15) is 0 Å². The van der Waals surface area contributed by atoms with Crippen molar-refractivity contribution in [1.82, 2.24) is 14.8 Å². The fraction of sp³-hybridized carbons (Fsp3) is 0.200. The van der Waals surface area contributed by atoms with Crippen molar-refractivity contribution in [3.05, 3.63) is 59.7 Å². The van der Waals surface area contributed by atoms with Crippen LogP contribution in [0.1, 0.15) is 22.8 Å². The molecule has 1 atom stereocenters. The van der Waals surface area contributed by atoms with Crippen molar-refractivity contribution in [2.75, 3.05) is 5.32 Å². The molecule has 3 rings (SSSR count). The van der Waals surface area contributed by atoms with E-state index in [0.717, 1.165) is 17.0 Å². The monoisotopic (exact) mass is 395 g/mol. The van der Waals surface area contributed by atoms with Crippen LogP contribution in [0.5, 0.6) is 0 Å². The van der Waals surface area contributed by atoms with E-state index in [2.05, 4.69) is 15.5 Å². The molecule has 1 aromatic heterocycles. The number of primary amides is 1. The zero-order chi connectivity index (χ0) is 20.3. The number of thioether (sulfide) groups is 1. The molecule has 7 nitrogen and oxygen atoms in total. The van der Waals surface area contributed by atoms with E-state index in [-0.39, 0.29) is 11.2 Å². The fourth-order valence-electron chi connectivity index (χ4n) is 2.65. The van der Waals surface area contributed by atoms with Crippen LogP contribution >= 0.6 is 11.8 Å². The summed E-state index contributed by atoms with van der Waals surface area (Å²) in [6, 6.07) is 14.4. The van der Waals surface area contributed by atoms with Crippen LogP contribution in [0.25, 0.3) is 11.4 Å². The molecule has 2 aromatic carbocycles. The van der Waals surface area contributed by atoms with Crippen LogP contribution in [0.2, 0.25) is 0 Å². The Morgan fingerprint density at radius 2 is 1.79 bits per heavy atom. The third-order valence-electron chi connectivity index (χ3n) is 4.31. The molecule has 28 heavy (non-hydrogen) atoms. The fourth-order valence-corrected chi connectivity index (χ4v) is 3.46. The molecule has 2 amide bonds. The zero-order valence-corrected chi connectivity index (χ0v) is 16.7. The number of nitrogens with two attached hydrogens (primary N) is 1. The van der Waals surface area contributed by atoms with Gasteiger partial charge in [0, 0.05) is 23.9 Å². The molecule has 0 aliphatic heterocycles. The summed E-state index contributed by atoms with van der Waals surface area (Å²) in [5.74, 6) is 0.0843. The number of carbonyl (C=O) groups is 2. The molecule has 1 heterocycles. The van der Waals surface area contributed by atoms with E-state index in [4.69, 9.17) is 5.73 Å². The molecule has 0 aliphatic carbocycles. The number of aromatic nitrogens is 3. The number of anilines is 1. The molecule has 0 fully saturated rings. The lowest BCUT2D eigenvalue weighted by Gasteiger charge is -2.12. The van der Waals surface area contributed by atoms with Crippen molar-refractivity contribution >= 4 is 29.3 Å². The van der Waals surface area contributed by atoms with Gasteiger partial charge in [-0.2, -0.15) is 0 Å². The van der Waals surface area contributed by atoms with Gasteiger partial charge in [0.15, 0.2) is 11.0 Å². The van der Waals surface area contributed by atoms with Crippen molar-refractivity contribution in [3.8, 4) is 11.4 Å². The maximum Gasteiger partial charge on any atom is 0.248 e. The van der Waals surface area contributed by atoms with Crippen LogP contribution < -0.4 is 11.1 Å². The van der Waals surface area contributed by atoms with E-state index in [1.165, 1.54) is 11.8 Å². The molecule has 3 aromatic rings. The summed E-state index contributed by atoms with van der Waals surface area (Å²) in [7, 11) is 1.89. The molecule has 0 saturated heterocycles. The molecule has 0 aliphatic rings. The molecule has 0 saturated carbocycles. The second-order valence-corrected chi connectivity index (χ2v) is 7.68. The molecule has 0 bridgehead atoms. The molecular formula is C20H21N5O2S. The van der Waals surface area contributed by atoms with Crippen molar-refractivity contribution in [2.45, 2.75) is 24.3 Å². The number of benzene rings is 2. The van der Waals surface area contributed by atoms with Gasteiger partial charge in [-0.1, -0.05) is 36.0 Å². The van der Waals surface area contributed by atoms with E-state index < -0.39 is 5.91 Å². The summed E-state index contributed by atoms with van der Waals surface area (Å²) < 4.78 is 1.89. The first-order chi connectivity index (χ1) is 13.4. The lowest BCUT2D eigenvalue weighted by Crippen LogP contribution is -2.23. The van der Waals surface area contributed by atoms with Gasteiger partial charge >= 0.3 is 0 Å². The Balaban J connectivity index is 1.69. The lowest BCUT2D eigenvalue weighted by atomic mass is 10.1. The van der Waals surface area contributed by atoms with Crippen LogP contribution in [-0.4, -0.2) is 31.8 Å². The van der Waals surface area contributed by atoms with Gasteiger partial charge in [0.05, 0.1) is 5.25 Å². The van der Waals surface area contributed by atoms with Crippen molar-refractivity contribution < 1.29 is 9.59 Å². The van der Waals surface area contributed by atoms with E-state index in [9.17, 15) is 9.59 Å². The summed E-state index contributed by atoms with van der Waals surface area (Å²) >= 11 is 1.33. The number of carbonyl (C=O) groups excluding carboxylic acids is 2. The second-order valence-electron chi connectivity index (χ2n) is 6.37. The maximum atomic E-state index is 12.5. The number of nitrogens with zero attached hydrogens (tertiary/aromatic N) is 3. The zero-order valence-electron chi connectivity index (χ0n) is 15.8. The van der Waals surface area contributed by atoms with Gasteiger partial charge in [-0.25, -0.2) is 0 Å². The summed E-state index contributed by atoms with van der Waals surface area (Å²) in [6.45, 7) is 3.83. The first kappa shape index (κ1) is 19.6. The largest absolute Gasteiger partial charge is 0.366 e.